The minimum Gasteiger partial charge on any atom is -0.294 e. The Morgan fingerprint density at radius 2 is 2.00 bits per heavy atom. The van der Waals surface area contributed by atoms with Crippen molar-refractivity contribution in [3.63, 3.8) is 0 Å². The van der Waals surface area contributed by atoms with E-state index in [4.69, 9.17) is 0 Å². The summed E-state index contributed by atoms with van der Waals surface area (Å²) in [7, 11) is 0. The van der Waals surface area contributed by atoms with E-state index in [0.29, 0.717) is 5.56 Å². The van der Waals surface area contributed by atoms with Crippen LogP contribution >= 0.6 is 0 Å². The summed E-state index contributed by atoms with van der Waals surface area (Å²) in [4.78, 5) is 16.3. The molecule has 0 amide bonds. The highest BCUT2D eigenvalue weighted by Gasteiger charge is 2.12. The van der Waals surface area contributed by atoms with Gasteiger partial charge in [-0.3, -0.25) is 9.78 Å². The molecule has 92 valence electrons. The van der Waals surface area contributed by atoms with E-state index in [9.17, 15) is 9.18 Å². The van der Waals surface area contributed by atoms with Crippen LogP contribution in [0.25, 0.3) is 0 Å². The maximum absolute atomic E-state index is 13.2. The van der Waals surface area contributed by atoms with Crippen molar-refractivity contribution in [2.45, 2.75) is 20.3 Å². The highest BCUT2D eigenvalue weighted by molar-refractivity contribution is 5.98. The van der Waals surface area contributed by atoms with Gasteiger partial charge in [-0.15, -0.1) is 0 Å². The summed E-state index contributed by atoms with van der Waals surface area (Å²) in [5.41, 5.74) is 2.93. The number of aromatic nitrogens is 1. The van der Waals surface area contributed by atoms with Gasteiger partial charge in [0.05, 0.1) is 12.1 Å². The molecule has 1 aromatic carbocycles. The minimum absolute atomic E-state index is 0.103. The lowest BCUT2D eigenvalue weighted by atomic mass is 10.00. The summed E-state index contributed by atoms with van der Waals surface area (Å²) in [5, 5.41) is 0. The zero-order valence-electron chi connectivity index (χ0n) is 10.4. The molecule has 0 radical (unpaired) electrons. The Morgan fingerprint density at radius 3 is 2.72 bits per heavy atom. The fraction of sp³-hybridized carbons (Fsp3) is 0.200. The second-order valence-corrected chi connectivity index (χ2v) is 4.33. The lowest BCUT2D eigenvalue weighted by Crippen LogP contribution is -2.08. The van der Waals surface area contributed by atoms with Crippen molar-refractivity contribution in [1.29, 1.82) is 0 Å². The van der Waals surface area contributed by atoms with Gasteiger partial charge >= 0.3 is 0 Å². The van der Waals surface area contributed by atoms with Crippen LogP contribution in [0.3, 0.4) is 0 Å². The van der Waals surface area contributed by atoms with Gasteiger partial charge in [0, 0.05) is 11.8 Å². The fourth-order valence-corrected chi connectivity index (χ4v) is 1.85. The first kappa shape index (κ1) is 12.4. The lowest BCUT2D eigenvalue weighted by Gasteiger charge is -2.06. The molecule has 0 aliphatic rings. The predicted molar refractivity (Wildman–Crippen MR) is 68.1 cm³/mol. The summed E-state index contributed by atoms with van der Waals surface area (Å²) >= 11 is 0. The molecular formula is C15H14FNO. The highest BCUT2D eigenvalue weighted by Crippen LogP contribution is 2.14. The van der Waals surface area contributed by atoms with Gasteiger partial charge in [0.2, 0.25) is 0 Å². The minimum atomic E-state index is -0.387. The van der Waals surface area contributed by atoms with Gasteiger partial charge in [0.25, 0.3) is 0 Å². The molecule has 1 heterocycles. The zero-order chi connectivity index (χ0) is 13.1. The molecule has 0 unspecified atom stereocenters. The molecule has 0 saturated heterocycles. The molecule has 2 nitrogen and oxygen atoms in total. The van der Waals surface area contributed by atoms with Crippen LogP contribution in [0.2, 0.25) is 0 Å². The van der Waals surface area contributed by atoms with E-state index < -0.39 is 0 Å². The van der Waals surface area contributed by atoms with Crippen LogP contribution in [-0.4, -0.2) is 10.8 Å². The molecule has 18 heavy (non-hydrogen) atoms. The standard InChI is InChI=1S/C15H14FNO/c1-10-5-6-12(16)8-13(10)15(18)9-14-11(2)4-3-7-17-14/h3-8H,9H2,1-2H3. The third-order valence-electron chi connectivity index (χ3n) is 2.95. The highest BCUT2D eigenvalue weighted by atomic mass is 19.1. The topological polar surface area (TPSA) is 30.0 Å². The maximum atomic E-state index is 13.2. The van der Waals surface area contributed by atoms with Gasteiger partial charge in [-0.05, 0) is 43.2 Å². The van der Waals surface area contributed by atoms with Crippen molar-refractivity contribution in [1.82, 2.24) is 4.98 Å². The molecule has 0 aliphatic heterocycles. The van der Waals surface area contributed by atoms with Crippen LogP contribution in [0.5, 0.6) is 0 Å². The Kier molecular flexibility index (Phi) is 3.51. The fourth-order valence-electron chi connectivity index (χ4n) is 1.85. The molecule has 2 aromatic rings. The van der Waals surface area contributed by atoms with Crippen molar-refractivity contribution >= 4 is 5.78 Å². The monoisotopic (exact) mass is 243 g/mol. The van der Waals surface area contributed by atoms with Crippen LogP contribution in [0.15, 0.2) is 36.5 Å². The molecule has 0 aliphatic carbocycles. The van der Waals surface area contributed by atoms with E-state index in [2.05, 4.69) is 4.98 Å². The molecule has 0 N–H and O–H groups in total. The molecule has 0 fully saturated rings. The van der Waals surface area contributed by atoms with Crippen molar-refractivity contribution in [2.75, 3.05) is 0 Å². The second kappa shape index (κ2) is 5.08. The first-order valence-electron chi connectivity index (χ1n) is 5.78. The molecule has 1 aromatic heterocycles. The van der Waals surface area contributed by atoms with Crippen molar-refractivity contribution in [3.05, 3.63) is 64.7 Å². The van der Waals surface area contributed by atoms with E-state index in [1.54, 1.807) is 19.2 Å². The quantitative estimate of drug-likeness (QED) is 0.774. The maximum Gasteiger partial charge on any atom is 0.169 e. The Balaban J connectivity index is 2.28. The van der Waals surface area contributed by atoms with Crippen LogP contribution in [0.1, 0.15) is 27.2 Å². The van der Waals surface area contributed by atoms with E-state index in [0.717, 1.165) is 16.8 Å². The number of Topliss-reactive ketones (excluding diaryl/α,β-unsaturated/α-hetero) is 1. The molecular weight excluding hydrogens is 229 g/mol. The Hall–Kier alpha value is -2.03. The molecule has 0 saturated carbocycles. The largest absolute Gasteiger partial charge is 0.294 e. The summed E-state index contributed by atoms with van der Waals surface area (Å²) < 4.78 is 13.2. The summed E-state index contributed by atoms with van der Waals surface area (Å²) in [6.45, 7) is 3.71. The number of nitrogens with zero attached hydrogens (tertiary/aromatic N) is 1. The summed E-state index contributed by atoms with van der Waals surface area (Å²) in [6, 6.07) is 8.01. The molecule has 0 atom stereocenters. The smallest absolute Gasteiger partial charge is 0.169 e. The first-order valence-corrected chi connectivity index (χ1v) is 5.78. The Labute approximate surface area is 105 Å². The number of benzene rings is 1. The third kappa shape index (κ3) is 2.62. The Morgan fingerprint density at radius 1 is 1.22 bits per heavy atom. The number of carbonyl (C=O) groups is 1. The second-order valence-electron chi connectivity index (χ2n) is 4.33. The van der Waals surface area contributed by atoms with E-state index in [1.165, 1.54) is 12.1 Å². The van der Waals surface area contributed by atoms with Crippen LogP contribution in [0.4, 0.5) is 4.39 Å². The molecule has 3 heteroatoms. The van der Waals surface area contributed by atoms with E-state index in [1.807, 2.05) is 19.1 Å². The van der Waals surface area contributed by atoms with Gasteiger partial charge in [-0.1, -0.05) is 12.1 Å². The number of rotatable bonds is 3. The molecule has 2 rings (SSSR count). The Bertz CT molecular complexity index is 593. The third-order valence-corrected chi connectivity index (χ3v) is 2.95. The number of hydrogen-bond acceptors (Lipinski definition) is 2. The predicted octanol–water partition coefficient (Wildman–Crippen LogP) is 3.26. The first-order chi connectivity index (χ1) is 8.58. The van der Waals surface area contributed by atoms with E-state index >= 15 is 0 Å². The number of aryl methyl sites for hydroxylation is 2. The summed E-state index contributed by atoms with van der Waals surface area (Å²) in [6.07, 6.45) is 1.87. The average molecular weight is 243 g/mol. The summed E-state index contributed by atoms with van der Waals surface area (Å²) in [5.74, 6) is -0.490. The molecule has 0 spiro atoms. The number of carbonyl (C=O) groups excluding carboxylic acids is 1. The zero-order valence-corrected chi connectivity index (χ0v) is 10.4. The lowest BCUT2D eigenvalue weighted by molar-refractivity contribution is 0.0990. The van der Waals surface area contributed by atoms with Gasteiger partial charge < -0.3 is 0 Å². The van der Waals surface area contributed by atoms with Crippen LogP contribution in [0, 0.1) is 19.7 Å². The van der Waals surface area contributed by atoms with Crippen LogP contribution < -0.4 is 0 Å². The van der Waals surface area contributed by atoms with Gasteiger partial charge in [-0.2, -0.15) is 0 Å². The number of pyridine rings is 1. The van der Waals surface area contributed by atoms with Crippen molar-refractivity contribution in [2.24, 2.45) is 0 Å². The van der Waals surface area contributed by atoms with E-state index in [-0.39, 0.29) is 18.0 Å². The van der Waals surface area contributed by atoms with Gasteiger partial charge in [0.15, 0.2) is 5.78 Å². The molecule has 0 bridgehead atoms. The number of halogens is 1. The van der Waals surface area contributed by atoms with Gasteiger partial charge in [0.1, 0.15) is 5.82 Å². The van der Waals surface area contributed by atoms with Gasteiger partial charge in [-0.25, -0.2) is 4.39 Å². The average Bonchev–Trinajstić information content (AvgIpc) is 2.35. The number of ketones is 1. The number of hydrogen-bond donors (Lipinski definition) is 0. The van der Waals surface area contributed by atoms with Crippen LogP contribution in [-0.2, 0) is 6.42 Å². The van der Waals surface area contributed by atoms with Crippen molar-refractivity contribution < 1.29 is 9.18 Å². The van der Waals surface area contributed by atoms with Crippen molar-refractivity contribution in [3.8, 4) is 0 Å². The SMILES string of the molecule is Cc1ccc(F)cc1C(=O)Cc1ncccc1C. The normalized spacial score (nSPS) is 10.4.